The Balaban J connectivity index is 2.06. The summed E-state index contributed by atoms with van der Waals surface area (Å²) in [7, 11) is 0. The lowest BCUT2D eigenvalue weighted by atomic mass is 10.1. The van der Waals surface area contributed by atoms with Gasteiger partial charge in [-0.25, -0.2) is 0 Å². The van der Waals surface area contributed by atoms with Gasteiger partial charge in [0.15, 0.2) is 0 Å². The van der Waals surface area contributed by atoms with Crippen molar-refractivity contribution in [3.05, 3.63) is 65.2 Å². The number of para-hydroxylation sites is 1. The maximum absolute atomic E-state index is 12.1. The molecule has 2 aromatic carbocycles. The van der Waals surface area contributed by atoms with Crippen LogP contribution >= 0.6 is 0 Å². The van der Waals surface area contributed by atoms with Gasteiger partial charge in [0.1, 0.15) is 0 Å². The minimum absolute atomic E-state index is 0.0224. The van der Waals surface area contributed by atoms with Gasteiger partial charge in [0.05, 0.1) is 0 Å². The third kappa shape index (κ3) is 4.35. The Labute approximate surface area is 132 Å². The minimum atomic E-state index is -0.0224. The van der Waals surface area contributed by atoms with Gasteiger partial charge in [-0.2, -0.15) is 0 Å². The Hall–Kier alpha value is -2.29. The molecule has 116 valence electrons. The van der Waals surface area contributed by atoms with Gasteiger partial charge in [0.2, 0.25) is 0 Å². The predicted octanol–water partition coefficient (Wildman–Crippen LogP) is 4.00. The van der Waals surface area contributed by atoms with E-state index in [4.69, 9.17) is 0 Å². The van der Waals surface area contributed by atoms with Crippen LogP contribution < -0.4 is 10.6 Å². The van der Waals surface area contributed by atoms with Gasteiger partial charge in [0.25, 0.3) is 5.91 Å². The molecule has 3 nitrogen and oxygen atoms in total. The van der Waals surface area contributed by atoms with Crippen molar-refractivity contribution in [2.75, 3.05) is 5.32 Å². The fourth-order valence-corrected chi connectivity index (χ4v) is 2.37. The van der Waals surface area contributed by atoms with Gasteiger partial charge in [0, 0.05) is 23.8 Å². The summed E-state index contributed by atoms with van der Waals surface area (Å²) in [5.74, 6) is -0.0224. The molecule has 0 saturated carbocycles. The number of nitrogens with one attached hydrogen (secondary N) is 2. The summed E-state index contributed by atoms with van der Waals surface area (Å²) >= 11 is 0. The highest BCUT2D eigenvalue weighted by molar-refractivity contribution is 5.94. The summed E-state index contributed by atoms with van der Waals surface area (Å²) in [6.45, 7) is 6.78. The molecular weight excluding hydrogens is 272 g/mol. The molecule has 0 unspecified atom stereocenters. The van der Waals surface area contributed by atoms with Gasteiger partial charge in [-0.05, 0) is 49.6 Å². The van der Waals surface area contributed by atoms with Crippen LogP contribution in [0.4, 0.5) is 5.69 Å². The van der Waals surface area contributed by atoms with Crippen molar-refractivity contribution in [1.29, 1.82) is 0 Å². The maximum atomic E-state index is 12.1. The van der Waals surface area contributed by atoms with E-state index < -0.39 is 0 Å². The molecule has 2 aromatic rings. The fourth-order valence-electron chi connectivity index (χ4n) is 2.37. The lowest BCUT2D eigenvalue weighted by Gasteiger charge is -2.12. The molecule has 1 amide bonds. The van der Waals surface area contributed by atoms with Crippen LogP contribution in [0.1, 0.15) is 42.3 Å². The molecule has 0 aromatic heterocycles. The lowest BCUT2D eigenvalue weighted by Crippen LogP contribution is -2.30. The van der Waals surface area contributed by atoms with E-state index in [9.17, 15) is 4.79 Å². The van der Waals surface area contributed by atoms with Crippen LogP contribution in [0.2, 0.25) is 0 Å². The average Bonchev–Trinajstić information content (AvgIpc) is 2.53. The second-order valence-corrected chi connectivity index (χ2v) is 5.69. The van der Waals surface area contributed by atoms with Crippen LogP contribution in [-0.4, -0.2) is 11.9 Å². The molecule has 0 atom stereocenters. The molecule has 0 aliphatic heterocycles. The van der Waals surface area contributed by atoms with E-state index in [1.54, 1.807) is 0 Å². The number of carbonyl (C=O) groups is 1. The highest BCUT2D eigenvalue weighted by Gasteiger charge is 2.07. The van der Waals surface area contributed by atoms with Crippen molar-refractivity contribution in [2.24, 2.45) is 0 Å². The topological polar surface area (TPSA) is 41.1 Å². The van der Waals surface area contributed by atoms with Crippen molar-refractivity contribution in [3.8, 4) is 0 Å². The van der Waals surface area contributed by atoms with Gasteiger partial charge < -0.3 is 10.6 Å². The smallest absolute Gasteiger partial charge is 0.251 e. The molecule has 0 bridgehead atoms. The summed E-state index contributed by atoms with van der Waals surface area (Å²) in [5.41, 5.74) is 4.26. The normalized spacial score (nSPS) is 10.5. The Morgan fingerprint density at radius 2 is 1.86 bits per heavy atom. The molecule has 22 heavy (non-hydrogen) atoms. The first-order valence-corrected chi connectivity index (χ1v) is 7.81. The van der Waals surface area contributed by atoms with E-state index >= 15 is 0 Å². The van der Waals surface area contributed by atoms with Crippen molar-refractivity contribution < 1.29 is 4.79 Å². The van der Waals surface area contributed by atoms with Crippen LogP contribution in [0.25, 0.3) is 0 Å². The first-order chi connectivity index (χ1) is 10.6. The second kappa shape index (κ2) is 7.64. The molecule has 0 radical (unpaired) electrons. The number of aryl methyl sites for hydroxylation is 1. The van der Waals surface area contributed by atoms with Gasteiger partial charge >= 0.3 is 0 Å². The summed E-state index contributed by atoms with van der Waals surface area (Å²) in [6, 6.07) is 16.2. The largest absolute Gasteiger partial charge is 0.381 e. The van der Waals surface area contributed by atoms with E-state index in [-0.39, 0.29) is 11.9 Å². The molecule has 3 heteroatoms. The maximum Gasteiger partial charge on any atom is 0.251 e. The van der Waals surface area contributed by atoms with E-state index in [1.807, 2.05) is 44.2 Å². The number of benzene rings is 2. The highest BCUT2D eigenvalue weighted by Crippen LogP contribution is 2.17. The zero-order valence-corrected chi connectivity index (χ0v) is 13.5. The Kier molecular flexibility index (Phi) is 5.59. The monoisotopic (exact) mass is 296 g/mol. The van der Waals surface area contributed by atoms with Crippen molar-refractivity contribution in [1.82, 2.24) is 5.32 Å². The summed E-state index contributed by atoms with van der Waals surface area (Å²) < 4.78 is 0. The zero-order chi connectivity index (χ0) is 15.9. The third-order valence-electron chi connectivity index (χ3n) is 3.49. The fraction of sp³-hybridized carbons (Fsp3) is 0.316. The highest BCUT2D eigenvalue weighted by atomic mass is 16.1. The molecule has 0 fully saturated rings. The van der Waals surface area contributed by atoms with E-state index in [2.05, 4.69) is 35.8 Å². The zero-order valence-electron chi connectivity index (χ0n) is 13.5. The van der Waals surface area contributed by atoms with Crippen LogP contribution in [0.3, 0.4) is 0 Å². The summed E-state index contributed by atoms with van der Waals surface area (Å²) in [5, 5.41) is 6.37. The first-order valence-electron chi connectivity index (χ1n) is 7.81. The molecule has 2 rings (SSSR count). The number of carbonyl (C=O) groups excluding carboxylic acids is 1. The van der Waals surface area contributed by atoms with Crippen LogP contribution in [0.5, 0.6) is 0 Å². The second-order valence-electron chi connectivity index (χ2n) is 5.69. The van der Waals surface area contributed by atoms with Crippen molar-refractivity contribution in [3.63, 3.8) is 0 Å². The summed E-state index contributed by atoms with van der Waals surface area (Å²) in [6.07, 6.45) is 1.00. The number of hydrogen-bond donors (Lipinski definition) is 2. The molecule has 2 N–H and O–H groups in total. The van der Waals surface area contributed by atoms with Crippen LogP contribution in [-0.2, 0) is 13.0 Å². The van der Waals surface area contributed by atoms with Crippen LogP contribution in [0.15, 0.2) is 48.5 Å². The van der Waals surface area contributed by atoms with E-state index in [0.29, 0.717) is 12.1 Å². The van der Waals surface area contributed by atoms with Gasteiger partial charge in [-0.1, -0.05) is 37.3 Å². The Bertz CT molecular complexity index is 635. The Morgan fingerprint density at radius 3 is 2.59 bits per heavy atom. The minimum Gasteiger partial charge on any atom is -0.381 e. The average molecular weight is 296 g/mol. The third-order valence-corrected chi connectivity index (χ3v) is 3.49. The van der Waals surface area contributed by atoms with Gasteiger partial charge in [-0.15, -0.1) is 0 Å². The van der Waals surface area contributed by atoms with E-state index in [0.717, 1.165) is 17.7 Å². The molecule has 0 aliphatic carbocycles. The summed E-state index contributed by atoms with van der Waals surface area (Å²) in [4.78, 5) is 12.1. The first kappa shape index (κ1) is 16.1. The number of hydrogen-bond acceptors (Lipinski definition) is 2. The Morgan fingerprint density at radius 1 is 1.09 bits per heavy atom. The number of rotatable bonds is 6. The quantitative estimate of drug-likeness (QED) is 0.846. The van der Waals surface area contributed by atoms with Crippen molar-refractivity contribution in [2.45, 2.75) is 39.8 Å². The molecule has 0 aliphatic rings. The SMILES string of the molecule is CCc1ccccc1NCc1cccc(C(=O)NC(C)C)c1. The predicted molar refractivity (Wildman–Crippen MR) is 92.2 cm³/mol. The number of amides is 1. The van der Waals surface area contributed by atoms with Crippen LogP contribution in [0, 0.1) is 0 Å². The van der Waals surface area contributed by atoms with Crippen molar-refractivity contribution >= 4 is 11.6 Å². The van der Waals surface area contributed by atoms with Gasteiger partial charge in [-0.3, -0.25) is 4.79 Å². The molecule has 0 saturated heterocycles. The molecule has 0 heterocycles. The van der Waals surface area contributed by atoms with E-state index in [1.165, 1.54) is 5.56 Å². The standard InChI is InChI=1S/C19H24N2O/c1-4-16-9-5-6-11-18(16)20-13-15-8-7-10-17(12-15)19(22)21-14(2)3/h5-12,14,20H,4,13H2,1-3H3,(H,21,22). The lowest BCUT2D eigenvalue weighted by molar-refractivity contribution is 0.0943. The number of anilines is 1. The molecule has 0 spiro atoms. The molecular formula is C19H24N2O.